The SMILES string of the molecule is COC(=O)c1cc(OC)c(OC)cc1NC(=S)NCC1CCCO1. The first-order chi connectivity index (χ1) is 11.6. The second-order valence-corrected chi connectivity index (χ2v) is 5.62. The van der Waals surface area contributed by atoms with Crippen molar-refractivity contribution < 1.29 is 23.7 Å². The molecule has 2 N–H and O–H groups in total. The number of rotatable bonds is 6. The van der Waals surface area contributed by atoms with Crippen molar-refractivity contribution in [2.45, 2.75) is 18.9 Å². The maximum absolute atomic E-state index is 12.0. The molecule has 1 fully saturated rings. The lowest BCUT2D eigenvalue weighted by atomic mass is 10.1. The summed E-state index contributed by atoms with van der Waals surface area (Å²) >= 11 is 5.29. The van der Waals surface area contributed by atoms with Gasteiger partial charge in [-0.25, -0.2) is 4.79 Å². The summed E-state index contributed by atoms with van der Waals surface area (Å²) in [6.07, 6.45) is 2.24. The normalized spacial score (nSPS) is 16.4. The smallest absolute Gasteiger partial charge is 0.340 e. The third kappa shape index (κ3) is 4.48. The Hall–Kier alpha value is -2.06. The molecule has 1 aliphatic rings. The molecule has 1 heterocycles. The van der Waals surface area contributed by atoms with Crippen LogP contribution >= 0.6 is 12.2 Å². The molecule has 7 nitrogen and oxygen atoms in total. The van der Waals surface area contributed by atoms with Gasteiger partial charge in [-0.05, 0) is 25.1 Å². The van der Waals surface area contributed by atoms with Crippen molar-refractivity contribution >= 4 is 29.0 Å². The monoisotopic (exact) mass is 354 g/mol. The van der Waals surface area contributed by atoms with E-state index in [9.17, 15) is 4.79 Å². The van der Waals surface area contributed by atoms with Crippen molar-refractivity contribution in [2.24, 2.45) is 0 Å². The average molecular weight is 354 g/mol. The van der Waals surface area contributed by atoms with Crippen LogP contribution in [0.4, 0.5) is 5.69 Å². The molecule has 132 valence electrons. The van der Waals surface area contributed by atoms with Gasteiger partial charge in [-0.3, -0.25) is 0 Å². The Bertz CT molecular complexity index is 602. The Balaban J connectivity index is 2.13. The van der Waals surface area contributed by atoms with Crippen molar-refractivity contribution in [3.63, 3.8) is 0 Å². The molecular formula is C16H22N2O5S. The van der Waals surface area contributed by atoms with Crippen molar-refractivity contribution in [1.82, 2.24) is 5.32 Å². The molecule has 8 heteroatoms. The van der Waals surface area contributed by atoms with E-state index < -0.39 is 5.97 Å². The fourth-order valence-electron chi connectivity index (χ4n) is 2.44. The van der Waals surface area contributed by atoms with E-state index in [0.29, 0.717) is 34.4 Å². The Morgan fingerprint density at radius 1 is 1.29 bits per heavy atom. The maximum atomic E-state index is 12.0. The molecule has 0 aliphatic carbocycles. The van der Waals surface area contributed by atoms with Gasteiger partial charge < -0.3 is 29.6 Å². The number of thiocarbonyl (C=S) groups is 1. The summed E-state index contributed by atoms with van der Waals surface area (Å²) in [4.78, 5) is 12.0. The molecule has 1 aromatic carbocycles. The van der Waals surface area contributed by atoms with E-state index in [0.717, 1.165) is 19.4 Å². The minimum Gasteiger partial charge on any atom is -0.493 e. The predicted molar refractivity (Wildman–Crippen MR) is 94.1 cm³/mol. The second-order valence-electron chi connectivity index (χ2n) is 5.21. The van der Waals surface area contributed by atoms with Gasteiger partial charge in [0, 0.05) is 25.3 Å². The van der Waals surface area contributed by atoms with Gasteiger partial charge in [0.1, 0.15) is 0 Å². The van der Waals surface area contributed by atoms with E-state index >= 15 is 0 Å². The Kier molecular flexibility index (Phi) is 6.62. The summed E-state index contributed by atoms with van der Waals surface area (Å²) in [7, 11) is 4.34. The number of carbonyl (C=O) groups excluding carboxylic acids is 1. The molecular weight excluding hydrogens is 332 g/mol. The van der Waals surface area contributed by atoms with Crippen LogP contribution in [0.25, 0.3) is 0 Å². The third-order valence-electron chi connectivity index (χ3n) is 3.69. The van der Waals surface area contributed by atoms with E-state index in [4.69, 9.17) is 31.2 Å². The highest BCUT2D eigenvalue weighted by molar-refractivity contribution is 7.80. The molecule has 24 heavy (non-hydrogen) atoms. The lowest BCUT2D eigenvalue weighted by Gasteiger charge is -2.17. The van der Waals surface area contributed by atoms with Crippen molar-refractivity contribution in [3.05, 3.63) is 17.7 Å². The zero-order valence-electron chi connectivity index (χ0n) is 14.0. The van der Waals surface area contributed by atoms with Crippen LogP contribution in [0, 0.1) is 0 Å². The summed E-state index contributed by atoms with van der Waals surface area (Å²) in [6, 6.07) is 3.20. The van der Waals surface area contributed by atoms with E-state index in [1.165, 1.54) is 21.3 Å². The lowest BCUT2D eigenvalue weighted by Crippen LogP contribution is -2.35. The van der Waals surface area contributed by atoms with Gasteiger partial charge in [0.25, 0.3) is 0 Å². The predicted octanol–water partition coefficient (Wildman–Crippen LogP) is 1.96. The third-order valence-corrected chi connectivity index (χ3v) is 3.94. The largest absolute Gasteiger partial charge is 0.493 e. The van der Waals surface area contributed by atoms with Gasteiger partial charge in [0.2, 0.25) is 0 Å². The van der Waals surface area contributed by atoms with Crippen LogP contribution in [0.1, 0.15) is 23.2 Å². The quantitative estimate of drug-likeness (QED) is 0.593. The van der Waals surface area contributed by atoms with Crippen LogP contribution in [0.5, 0.6) is 11.5 Å². The average Bonchev–Trinajstić information content (AvgIpc) is 3.12. The topological polar surface area (TPSA) is 78.1 Å². The molecule has 1 aromatic rings. The van der Waals surface area contributed by atoms with Crippen molar-refractivity contribution in [1.29, 1.82) is 0 Å². The van der Waals surface area contributed by atoms with Crippen molar-refractivity contribution in [2.75, 3.05) is 39.8 Å². The number of anilines is 1. The molecule has 1 aliphatic heterocycles. The Labute approximate surface area is 146 Å². The van der Waals surface area contributed by atoms with E-state index in [1.54, 1.807) is 12.1 Å². The highest BCUT2D eigenvalue weighted by Crippen LogP contribution is 2.33. The molecule has 0 aromatic heterocycles. The number of hydrogen-bond acceptors (Lipinski definition) is 6. The van der Waals surface area contributed by atoms with Crippen LogP contribution < -0.4 is 20.1 Å². The number of ether oxygens (including phenoxy) is 4. The van der Waals surface area contributed by atoms with Crippen LogP contribution in [0.2, 0.25) is 0 Å². The lowest BCUT2D eigenvalue weighted by molar-refractivity contribution is 0.0601. The summed E-state index contributed by atoms with van der Waals surface area (Å²) in [5.41, 5.74) is 0.778. The van der Waals surface area contributed by atoms with Crippen molar-refractivity contribution in [3.8, 4) is 11.5 Å². The zero-order valence-corrected chi connectivity index (χ0v) is 14.8. The molecule has 0 radical (unpaired) electrons. The standard InChI is InChI=1S/C16H22N2O5S/c1-20-13-7-11(15(19)22-3)12(8-14(13)21-2)18-16(24)17-9-10-5-4-6-23-10/h7-8,10H,4-6,9H2,1-3H3,(H2,17,18,24). The van der Waals surface area contributed by atoms with Gasteiger partial charge >= 0.3 is 5.97 Å². The van der Waals surface area contributed by atoms with Crippen LogP contribution in [-0.4, -0.2) is 51.7 Å². The van der Waals surface area contributed by atoms with Gasteiger partial charge in [0.05, 0.1) is 38.7 Å². The van der Waals surface area contributed by atoms with E-state index in [1.807, 2.05) is 0 Å². The number of esters is 1. The summed E-state index contributed by atoms with van der Waals surface area (Å²) in [5.74, 6) is 0.414. The first-order valence-corrected chi connectivity index (χ1v) is 8.00. The zero-order chi connectivity index (χ0) is 17.5. The highest BCUT2D eigenvalue weighted by Gasteiger charge is 2.19. The highest BCUT2D eigenvalue weighted by atomic mass is 32.1. The summed E-state index contributed by atoms with van der Waals surface area (Å²) in [6.45, 7) is 1.40. The number of benzene rings is 1. The van der Waals surface area contributed by atoms with Gasteiger partial charge in [-0.2, -0.15) is 0 Å². The fourth-order valence-corrected chi connectivity index (χ4v) is 2.63. The molecule has 1 saturated heterocycles. The molecule has 0 amide bonds. The number of nitrogens with one attached hydrogen (secondary N) is 2. The molecule has 0 bridgehead atoms. The summed E-state index contributed by atoms with van der Waals surface area (Å²) in [5, 5.41) is 6.49. The Morgan fingerprint density at radius 2 is 2.00 bits per heavy atom. The molecule has 0 spiro atoms. The number of hydrogen-bond donors (Lipinski definition) is 2. The van der Waals surface area contributed by atoms with Crippen LogP contribution in [0.3, 0.4) is 0 Å². The molecule has 1 unspecified atom stereocenters. The van der Waals surface area contributed by atoms with Gasteiger partial charge in [0.15, 0.2) is 16.6 Å². The maximum Gasteiger partial charge on any atom is 0.340 e. The van der Waals surface area contributed by atoms with Gasteiger partial charge in [-0.1, -0.05) is 0 Å². The second kappa shape index (κ2) is 8.70. The summed E-state index contributed by atoms with van der Waals surface area (Å²) < 4.78 is 20.8. The first-order valence-electron chi connectivity index (χ1n) is 7.59. The Morgan fingerprint density at radius 3 is 2.58 bits per heavy atom. The molecule has 2 rings (SSSR count). The van der Waals surface area contributed by atoms with E-state index in [-0.39, 0.29) is 6.10 Å². The fraction of sp³-hybridized carbons (Fsp3) is 0.500. The number of methoxy groups -OCH3 is 3. The minimum atomic E-state index is -0.500. The van der Waals surface area contributed by atoms with Crippen LogP contribution in [-0.2, 0) is 9.47 Å². The first kappa shape index (κ1) is 18.3. The van der Waals surface area contributed by atoms with Crippen LogP contribution in [0.15, 0.2) is 12.1 Å². The number of carbonyl (C=O) groups is 1. The molecule has 1 atom stereocenters. The van der Waals surface area contributed by atoms with Gasteiger partial charge in [-0.15, -0.1) is 0 Å². The molecule has 0 saturated carbocycles. The minimum absolute atomic E-state index is 0.162. The van der Waals surface area contributed by atoms with E-state index in [2.05, 4.69) is 10.6 Å².